The van der Waals surface area contributed by atoms with Crippen LogP contribution in [-0.2, 0) is 4.79 Å². The molecule has 0 radical (unpaired) electrons. The van der Waals surface area contributed by atoms with E-state index >= 15 is 0 Å². The van der Waals surface area contributed by atoms with Crippen molar-refractivity contribution in [1.29, 1.82) is 0 Å². The zero-order valence-corrected chi connectivity index (χ0v) is 13.0. The summed E-state index contributed by atoms with van der Waals surface area (Å²) in [5, 5.41) is 0.969. The van der Waals surface area contributed by atoms with Crippen LogP contribution in [0.15, 0.2) is 0 Å². The second-order valence-electron chi connectivity index (χ2n) is 6.08. The van der Waals surface area contributed by atoms with Crippen LogP contribution in [0.4, 0.5) is 5.13 Å². The minimum absolute atomic E-state index is 0.166. The number of nitrogens with zero attached hydrogens (tertiary/aromatic N) is 4. The third kappa shape index (κ3) is 2.66. The Morgan fingerprint density at radius 1 is 1.25 bits per heavy atom. The van der Waals surface area contributed by atoms with Gasteiger partial charge in [0.05, 0.1) is 5.92 Å². The first kappa shape index (κ1) is 13.8. The Bertz CT molecular complexity index is 475. The minimum Gasteiger partial charge on any atom is -0.345 e. The van der Waals surface area contributed by atoms with Gasteiger partial charge < -0.3 is 9.80 Å². The van der Waals surface area contributed by atoms with Crippen molar-refractivity contribution in [1.82, 2.24) is 14.3 Å². The molecular formula is C14H22N4OS. The monoisotopic (exact) mass is 294 g/mol. The fourth-order valence-electron chi connectivity index (χ4n) is 2.75. The van der Waals surface area contributed by atoms with Gasteiger partial charge >= 0.3 is 0 Å². The zero-order chi connectivity index (χ0) is 14.1. The molecule has 110 valence electrons. The van der Waals surface area contributed by atoms with Gasteiger partial charge in [-0.1, -0.05) is 13.8 Å². The predicted octanol–water partition coefficient (Wildman–Crippen LogP) is 2.11. The van der Waals surface area contributed by atoms with Crippen LogP contribution < -0.4 is 4.90 Å². The lowest BCUT2D eigenvalue weighted by molar-refractivity contribution is -0.137. The maximum Gasteiger partial charge on any atom is 0.229 e. The second kappa shape index (κ2) is 5.68. The summed E-state index contributed by atoms with van der Waals surface area (Å²) in [6.45, 7) is 7.72. The van der Waals surface area contributed by atoms with Crippen molar-refractivity contribution in [2.45, 2.75) is 39.0 Å². The molecule has 0 atom stereocenters. The molecule has 0 aliphatic carbocycles. The van der Waals surface area contributed by atoms with Crippen LogP contribution in [0, 0.1) is 5.92 Å². The lowest BCUT2D eigenvalue weighted by atomic mass is 9.98. The molecule has 0 aromatic carbocycles. The van der Waals surface area contributed by atoms with Crippen molar-refractivity contribution in [3.63, 3.8) is 0 Å². The summed E-state index contributed by atoms with van der Waals surface area (Å²) >= 11 is 1.45. The Hall–Kier alpha value is -1.17. The molecule has 1 aromatic rings. The zero-order valence-electron chi connectivity index (χ0n) is 12.2. The Morgan fingerprint density at radius 2 is 1.95 bits per heavy atom. The average molecular weight is 294 g/mol. The fourth-order valence-corrected chi connectivity index (χ4v) is 3.58. The van der Waals surface area contributed by atoms with Crippen LogP contribution in [0.3, 0.4) is 0 Å². The number of aromatic nitrogens is 2. The van der Waals surface area contributed by atoms with Crippen LogP contribution in [0.5, 0.6) is 0 Å². The molecule has 3 rings (SSSR count). The highest BCUT2D eigenvalue weighted by molar-refractivity contribution is 7.09. The van der Waals surface area contributed by atoms with Crippen molar-refractivity contribution < 1.29 is 4.79 Å². The fraction of sp³-hybridized carbons (Fsp3) is 0.786. The Kier molecular flexibility index (Phi) is 3.92. The number of rotatable bonds is 3. The largest absolute Gasteiger partial charge is 0.345 e. The third-order valence-electron chi connectivity index (χ3n) is 4.12. The van der Waals surface area contributed by atoms with Crippen molar-refractivity contribution in [3.05, 3.63) is 5.82 Å². The number of carbonyl (C=O) groups excluding carboxylic acids is 1. The topological polar surface area (TPSA) is 49.3 Å². The van der Waals surface area contributed by atoms with Gasteiger partial charge in [0.1, 0.15) is 5.82 Å². The highest BCUT2D eigenvalue weighted by Gasteiger charge is 2.37. The van der Waals surface area contributed by atoms with E-state index in [0.29, 0.717) is 11.8 Å². The first-order chi connectivity index (χ1) is 9.65. The number of piperidine rings is 1. The summed E-state index contributed by atoms with van der Waals surface area (Å²) in [5.41, 5.74) is 0. The van der Waals surface area contributed by atoms with E-state index in [1.165, 1.54) is 18.0 Å². The van der Waals surface area contributed by atoms with Crippen molar-refractivity contribution in [3.8, 4) is 0 Å². The van der Waals surface area contributed by atoms with Gasteiger partial charge in [-0.25, -0.2) is 4.98 Å². The maximum absolute atomic E-state index is 12.3. The van der Waals surface area contributed by atoms with Crippen LogP contribution in [-0.4, -0.2) is 46.3 Å². The van der Waals surface area contributed by atoms with Gasteiger partial charge in [0, 0.05) is 43.6 Å². The molecule has 6 heteroatoms. The van der Waals surface area contributed by atoms with E-state index in [1.807, 2.05) is 4.90 Å². The summed E-state index contributed by atoms with van der Waals surface area (Å²) in [6, 6.07) is 0. The lowest BCUT2D eigenvalue weighted by Gasteiger charge is -2.41. The van der Waals surface area contributed by atoms with Crippen molar-refractivity contribution in [2.75, 3.05) is 31.1 Å². The lowest BCUT2D eigenvalue weighted by Crippen LogP contribution is -2.55. The predicted molar refractivity (Wildman–Crippen MR) is 80.1 cm³/mol. The molecule has 2 fully saturated rings. The molecule has 5 nitrogen and oxygen atoms in total. The van der Waals surface area contributed by atoms with Gasteiger partial charge in [0.25, 0.3) is 0 Å². The second-order valence-corrected chi connectivity index (χ2v) is 6.81. The normalized spacial score (nSPS) is 20.4. The minimum atomic E-state index is 0.166. The Balaban J connectivity index is 1.53. The van der Waals surface area contributed by atoms with E-state index in [1.54, 1.807) is 0 Å². The van der Waals surface area contributed by atoms with E-state index in [-0.39, 0.29) is 5.92 Å². The van der Waals surface area contributed by atoms with Crippen molar-refractivity contribution in [2.24, 2.45) is 5.92 Å². The summed E-state index contributed by atoms with van der Waals surface area (Å²) in [4.78, 5) is 21.1. The third-order valence-corrected chi connectivity index (χ3v) is 4.91. The van der Waals surface area contributed by atoms with Gasteiger partial charge in [-0.3, -0.25) is 4.79 Å². The average Bonchev–Trinajstić information content (AvgIpc) is 2.87. The molecule has 0 unspecified atom stereocenters. The Morgan fingerprint density at radius 3 is 2.55 bits per heavy atom. The van der Waals surface area contributed by atoms with Gasteiger partial charge in [0.15, 0.2) is 0 Å². The number of hydrogen-bond donors (Lipinski definition) is 0. The molecule has 3 heterocycles. The molecule has 1 aromatic heterocycles. The van der Waals surface area contributed by atoms with E-state index in [2.05, 4.69) is 28.1 Å². The highest BCUT2D eigenvalue weighted by Crippen LogP contribution is 2.29. The highest BCUT2D eigenvalue weighted by atomic mass is 32.1. The van der Waals surface area contributed by atoms with E-state index in [9.17, 15) is 4.79 Å². The summed E-state index contributed by atoms with van der Waals surface area (Å²) < 4.78 is 4.37. The number of hydrogen-bond acceptors (Lipinski definition) is 5. The van der Waals surface area contributed by atoms with Crippen LogP contribution >= 0.6 is 11.5 Å². The quantitative estimate of drug-likeness (QED) is 0.857. The first-order valence-electron chi connectivity index (χ1n) is 7.52. The molecule has 2 aliphatic heterocycles. The summed E-state index contributed by atoms with van der Waals surface area (Å²) in [5.74, 6) is 1.79. The van der Waals surface area contributed by atoms with E-state index in [0.717, 1.165) is 50.0 Å². The number of carbonyl (C=O) groups is 1. The van der Waals surface area contributed by atoms with Gasteiger partial charge in [0.2, 0.25) is 11.0 Å². The molecule has 2 aliphatic rings. The van der Waals surface area contributed by atoms with Crippen LogP contribution in [0.2, 0.25) is 0 Å². The summed E-state index contributed by atoms with van der Waals surface area (Å²) in [6.07, 6.45) is 3.59. The van der Waals surface area contributed by atoms with E-state index in [4.69, 9.17) is 0 Å². The number of likely N-dealkylation sites (tertiary alicyclic amines) is 1. The molecule has 0 N–H and O–H groups in total. The van der Waals surface area contributed by atoms with Crippen LogP contribution in [0.25, 0.3) is 0 Å². The molecule has 2 saturated heterocycles. The number of anilines is 1. The molecule has 20 heavy (non-hydrogen) atoms. The van der Waals surface area contributed by atoms with Crippen LogP contribution in [0.1, 0.15) is 44.9 Å². The SMILES string of the molecule is CC(C)c1nsc(N2CC(C(=O)N3CCCCC3)C2)n1. The van der Waals surface area contributed by atoms with E-state index < -0.39 is 0 Å². The van der Waals surface area contributed by atoms with Gasteiger partial charge in [-0.2, -0.15) is 4.37 Å². The molecule has 1 amide bonds. The van der Waals surface area contributed by atoms with Crippen molar-refractivity contribution >= 4 is 22.6 Å². The smallest absolute Gasteiger partial charge is 0.229 e. The molecular weight excluding hydrogens is 272 g/mol. The Labute approximate surface area is 124 Å². The maximum atomic E-state index is 12.3. The standard InChI is InChI=1S/C14H22N4OS/c1-10(2)12-15-14(20-16-12)18-8-11(9-18)13(19)17-6-4-3-5-7-17/h10-11H,3-9H2,1-2H3. The van der Waals surface area contributed by atoms with Gasteiger partial charge in [-0.05, 0) is 19.3 Å². The number of amides is 1. The first-order valence-corrected chi connectivity index (χ1v) is 8.30. The summed E-state index contributed by atoms with van der Waals surface area (Å²) in [7, 11) is 0. The molecule has 0 saturated carbocycles. The molecule has 0 spiro atoms. The van der Waals surface area contributed by atoms with Gasteiger partial charge in [-0.15, -0.1) is 0 Å². The molecule has 0 bridgehead atoms.